The zero-order valence-corrected chi connectivity index (χ0v) is 31.7. The molecule has 0 aliphatic carbocycles. The molecule has 2 nitrogen and oxygen atoms in total. The molecule has 0 saturated carbocycles. The first-order valence-corrected chi connectivity index (χ1v) is 19.8. The zero-order valence-electron chi connectivity index (χ0n) is 31.7. The fraction of sp³-hybridized carbons (Fsp3) is 0. The van der Waals surface area contributed by atoms with E-state index in [0.29, 0.717) is 0 Å². The second kappa shape index (κ2) is 14.1. The minimum Gasteiger partial charge on any atom is -0.248 e. The highest BCUT2D eigenvalue weighted by Gasteiger charge is 2.16. The summed E-state index contributed by atoms with van der Waals surface area (Å²) in [6.45, 7) is 0. The maximum absolute atomic E-state index is 5.35. The topological polar surface area (TPSA) is 25.8 Å². The molecule has 0 saturated heterocycles. The number of pyridine rings is 2. The van der Waals surface area contributed by atoms with Gasteiger partial charge in [-0.1, -0.05) is 170 Å². The summed E-state index contributed by atoms with van der Waals surface area (Å²) in [4.78, 5) is 10.5. The SMILES string of the molecule is c1ccc(-c2cc(-c3cccc(-c4cc(-c5ccc6ccccc6c5)nc5ccc(-c6cc7ccccc7c7ccccc67)cc45)c3)cc(-c3ccccc3)n2)cc1. The van der Waals surface area contributed by atoms with Gasteiger partial charge in [-0.25, -0.2) is 9.97 Å². The summed E-state index contributed by atoms with van der Waals surface area (Å²) in [6.07, 6.45) is 0. The second-order valence-electron chi connectivity index (χ2n) is 15.0. The molecule has 0 aliphatic heterocycles. The Morgan fingerprint density at radius 3 is 1.53 bits per heavy atom. The van der Waals surface area contributed by atoms with Crippen molar-refractivity contribution in [3.8, 4) is 67.2 Å². The van der Waals surface area contributed by atoms with E-state index in [1.807, 2.05) is 12.1 Å². The number of aromatic nitrogens is 2. The largest absolute Gasteiger partial charge is 0.248 e. The van der Waals surface area contributed by atoms with E-state index >= 15 is 0 Å². The predicted octanol–water partition coefficient (Wildman–Crippen LogP) is 15.1. The van der Waals surface area contributed by atoms with Crippen LogP contribution in [0.5, 0.6) is 0 Å². The number of benzene rings is 9. The lowest BCUT2D eigenvalue weighted by atomic mass is 9.90. The molecule has 0 radical (unpaired) electrons. The molecule has 2 heteroatoms. The first-order valence-electron chi connectivity index (χ1n) is 19.8. The zero-order chi connectivity index (χ0) is 38.4. The number of hydrogen-bond acceptors (Lipinski definition) is 2. The van der Waals surface area contributed by atoms with Crippen LogP contribution in [0.4, 0.5) is 0 Å². The molecular weight excluding hydrogens is 701 g/mol. The minimum absolute atomic E-state index is 0.947. The molecule has 0 N–H and O–H groups in total. The predicted molar refractivity (Wildman–Crippen MR) is 245 cm³/mol. The van der Waals surface area contributed by atoms with Gasteiger partial charge in [-0.05, 0) is 114 Å². The van der Waals surface area contributed by atoms with Crippen LogP contribution >= 0.6 is 0 Å². The molecule has 0 bridgehead atoms. The molecule has 2 heterocycles. The fourth-order valence-corrected chi connectivity index (χ4v) is 8.50. The number of rotatable bonds is 6. The van der Waals surface area contributed by atoms with Gasteiger partial charge in [0.05, 0.1) is 22.6 Å². The molecule has 0 fully saturated rings. The van der Waals surface area contributed by atoms with E-state index in [0.717, 1.165) is 66.9 Å². The Hall–Kier alpha value is -7.68. The third-order valence-electron chi connectivity index (χ3n) is 11.4. The Bertz CT molecular complexity index is 3270. The first-order chi connectivity index (χ1) is 28.7. The highest BCUT2D eigenvalue weighted by molar-refractivity contribution is 6.14. The van der Waals surface area contributed by atoms with Crippen molar-refractivity contribution in [1.82, 2.24) is 9.97 Å². The monoisotopic (exact) mass is 736 g/mol. The molecular formula is C56H36N2. The van der Waals surface area contributed by atoms with Gasteiger partial charge in [0, 0.05) is 22.1 Å². The number of hydrogen-bond donors (Lipinski definition) is 0. The van der Waals surface area contributed by atoms with Crippen LogP contribution in [0.2, 0.25) is 0 Å². The highest BCUT2D eigenvalue weighted by atomic mass is 14.7. The summed E-state index contributed by atoms with van der Waals surface area (Å²) in [7, 11) is 0. The summed E-state index contributed by atoms with van der Waals surface area (Å²) in [5.74, 6) is 0. The van der Waals surface area contributed by atoms with Crippen molar-refractivity contribution in [2.75, 3.05) is 0 Å². The van der Waals surface area contributed by atoms with Gasteiger partial charge >= 0.3 is 0 Å². The summed E-state index contributed by atoms with van der Waals surface area (Å²) in [5.41, 5.74) is 14.0. The normalized spacial score (nSPS) is 11.4. The van der Waals surface area contributed by atoms with Crippen LogP contribution < -0.4 is 0 Å². The van der Waals surface area contributed by atoms with Crippen molar-refractivity contribution in [2.24, 2.45) is 0 Å². The standard InChI is InChI=1S/C56H36N2/c1-3-15-38(16-4-1)54-34-46(35-55(58-54)39-17-5-2-6-18-39)41-21-13-22-42(30-41)51-36-56(45-27-26-37-14-7-8-19-40(37)31-45)57-53-29-28-44(33-52(51)53)50-32-43-20-9-10-23-47(43)48-24-11-12-25-49(48)50/h1-36H. The van der Waals surface area contributed by atoms with Crippen molar-refractivity contribution in [3.05, 3.63) is 218 Å². The van der Waals surface area contributed by atoms with Gasteiger partial charge in [0.25, 0.3) is 0 Å². The molecule has 11 aromatic rings. The summed E-state index contributed by atoms with van der Waals surface area (Å²) in [6, 6.07) is 78.3. The summed E-state index contributed by atoms with van der Waals surface area (Å²) < 4.78 is 0. The summed E-state index contributed by atoms with van der Waals surface area (Å²) in [5, 5.41) is 8.53. The lowest BCUT2D eigenvalue weighted by molar-refractivity contribution is 1.32. The lowest BCUT2D eigenvalue weighted by Gasteiger charge is -2.15. The third-order valence-corrected chi connectivity index (χ3v) is 11.4. The lowest BCUT2D eigenvalue weighted by Crippen LogP contribution is -1.93. The minimum atomic E-state index is 0.947. The van der Waals surface area contributed by atoms with Crippen LogP contribution in [0.25, 0.3) is 110 Å². The van der Waals surface area contributed by atoms with E-state index in [1.54, 1.807) is 0 Å². The maximum Gasteiger partial charge on any atom is 0.0716 e. The van der Waals surface area contributed by atoms with Crippen LogP contribution in [0, 0.1) is 0 Å². The van der Waals surface area contributed by atoms with Crippen LogP contribution in [0.3, 0.4) is 0 Å². The van der Waals surface area contributed by atoms with E-state index < -0.39 is 0 Å². The molecule has 0 atom stereocenters. The van der Waals surface area contributed by atoms with E-state index in [9.17, 15) is 0 Å². The van der Waals surface area contributed by atoms with Gasteiger partial charge in [0.1, 0.15) is 0 Å². The van der Waals surface area contributed by atoms with Crippen molar-refractivity contribution >= 4 is 43.2 Å². The van der Waals surface area contributed by atoms with Crippen LogP contribution in [-0.2, 0) is 0 Å². The van der Waals surface area contributed by atoms with Crippen molar-refractivity contribution in [3.63, 3.8) is 0 Å². The quantitative estimate of drug-likeness (QED) is 0.159. The second-order valence-corrected chi connectivity index (χ2v) is 15.0. The van der Waals surface area contributed by atoms with Gasteiger partial charge in [-0.3, -0.25) is 0 Å². The van der Waals surface area contributed by atoms with Crippen molar-refractivity contribution in [1.29, 1.82) is 0 Å². The average Bonchev–Trinajstić information content (AvgIpc) is 3.31. The molecule has 11 rings (SSSR count). The smallest absolute Gasteiger partial charge is 0.0716 e. The van der Waals surface area contributed by atoms with Crippen molar-refractivity contribution < 1.29 is 0 Å². The third kappa shape index (κ3) is 6.09. The molecule has 0 amide bonds. The average molecular weight is 737 g/mol. The Balaban J connectivity index is 1.13. The molecule has 9 aromatic carbocycles. The molecule has 0 unspecified atom stereocenters. The van der Waals surface area contributed by atoms with Gasteiger partial charge in [-0.2, -0.15) is 0 Å². The maximum atomic E-state index is 5.35. The van der Waals surface area contributed by atoms with Gasteiger partial charge in [-0.15, -0.1) is 0 Å². The fourth-order valence-electron chi connectivity index (χ4n) is 8.50. The van der Waals surface area contributed by atoms with Crippen molar-refractivity contribution in [2.45, 2.75) is 0 Å². The van der Waals surface area contributed by atoms with E-state index in [4.69, 9.17) is 9.97 Å². The van der Waals surface area contributed by atoms with E-state index in [1.165, 1.54) is 43.4 Å². The highest BCUT2D eigenvalue weighted by Crippen LogP contribution is 2.40. The molecule has 0 spiro atoms. The van der Waals surface area contributed by atoms with Gasteiger partial charge < -0.3 is 0 Å². The molecule has 270 valence electrons. The molecule has 0 aliphatic rings. The van der Waals surface area contributed by atoms with Gasteiger partial charge in [0.2, 0.25) is 0 Å². The number of nitrogens with zero attached hydrogens (tertiary/aromatic N) is 2. The Morgan fingerprint density at radius 2 is 0.776 bits per heavy atom. The summed E-state index contributed by atoms with van der Waals surface area (Å²) >= 11 is 0. The van der Waals surface area contributed by atoms with E-state index in [2.05, 4.69) is 206 Å². The van der Waals surface area contributed by atoms with Crippen LogP contribution in [-0.4, -0.2) is 9.97 Å². The van der Waals surface area contributed by atoms with E-state index in [-0.39, 0.29) is 0 Å². The Morgan fingerprint density at radius 1 is 0.224 bits per heavy atom. The van der Waals surface area contributed by atoms with Crippen LogP contribution in [0.15, 0.2) is 218 Å². The van der Waals surface area contributed by atoms with Gasteiger partial charge in [0.15, 0.2) is 0 Å². The van der Waals surface area contributed by atoms with Crippen LogP contribution in [0.1, 0.15) is 0 Å². The number of fused-ring (bicyclic) bond motifs is 5. The first kappa shape index (κ1) is 33.6. The molecule has 2 aromatic heterocycles. The Labute approximate surface area is 337 Å². The molecule has 58 heavy (non-hydrogen) atoms. The Kier molecular flexibility index (Phi) is 8.19.